The number of nitrogens with two attached hydrogens (primary N) is 1. The number of likely N-dealkylation sites (tertiary alicyclic amines) is 1. The number of carbonyl (C=O) groups is 1. The zero-order valence-electron chi connectivity index (χ0n) is 14.1. The molecule has 1 saturated heterocycles. The molecule has 0 bridgehead atoms. The van der Waals surface area contributed by atoms with Crippen LogP contribution in [0, 0.1) is 11.8 Å². The lowest BCUT2D eigenvalue weighted by molar-refractivity contribution is -0.126. The lowest BCUT2D eigenvalue weighted by Crippen LogP contribution is -2.52. The summed E-state index contributed by atoms with van der Waals surface area (Å²) in [5, 5.41) is 3.18. The van der Waals surface area contributed by atoms with Crippen molar-refractivity contribution < 1.29 is 9.53 Å². The fourth-order valence-electron chi connectivity index (χ4n) is 2.74. The summed E-state index contributed by atoms with van der Waals surface area (Å²) in [5.41, 5.74) is 5.80. The SMILES string of the molecule is CCOCCCN1CCC(NC(=O)C(C)C(C)N)C(C)C1. The molecule has 21 heavy (non-hydrogen) atoms. The third-order valence-electron chi connectivity index (χ3n) is 4.49. The zero-order chi connectivity index (χ0) is 15.8. The summed E-state index contributed by atoms with van der Waals surface area (Å²) in [5.74, 6) is 0.447. The van der Waals surface area contributed by atoms with Gasteiger partial charge in [-0.15, -0.1) is 0 Å². The van der Waals surface area contributed by atoms with Crippen molar-refractivity contribution >= 4 is 5.91 Å². The van der Waals surface area contributed by atoms with E-state index in [4.69, 9.17) is 10.5 Å². The Morgan fingerprint density at radius 2 is 2.19 bits per heavy atom. The second kappa shape index (κ2) is 9.38. The molecule has 1 aliphatic heterocycles. The van der Waals surface area contributed by atoms with Crippen molar-refractivity contribution in [2.45, 2.75) is 52.6 Å². The van der Waals surface area contributed by atoms with Crippen molar-refractivity contribution in [3.63, 3.8) is 0 Å². The van der Waals surface area contributed by atoms with E-state index < -0.39 is 0 Å². The first-order valence-electron chi connectivity index (χ1n) is 8.31. The van der Waals surface area contributed by atoms with Gasteiger partial charge in [0.05, 0.1) is 0 Å². The van der Waals surface area contributed by atoms with Gasteiger partial charge in [-0.1, -0.05) is 13.8 Å². The third-order valence-corrected chi connectivity index (χ3v) is 4.49. The van der Waals surface area contributed by atoms with Gasteiger partial charge in [0, 0.05) is 50.8 Å². The largest absolute Gasteiger partial charge is 0.382 e. The van der Waals surface area contributed by atoms with E-state index in [0.29, 0.717) is 5.92 Å². The molecular weight excluding hydrogens is 266 g/mol. The summed E-state index contributed by atoms with van der Waals surface area (Å²) < 4.78 is 5.38. The van der Waals surface area contributed by atoms with Crippen LogP contribution in [0.2, 0.25) is 0 Å². The molecule has 1 amide bonds. The first-order chi connectivity index (χ1) is 9.95. The second-order valence-corrected chi connectivity index (χ2v) is 6.38. The van der Waals surface area contributed by atoms with Crippen molar-refractivity contribution in [1.29, 1.82) is 0 Å². The van der Waals surface area contributed by atoms with Gasteiger partial charge in [0.25, 0.3) is 0 Å². The van der Waals surface area contributed by atoms with Crippen LogP contribution in [0.5, 0.6) is 0 Å². The Balaban J connectivity index is 2.30. The maximum atomic E-state index is 12.1. The van der Waals surface area contributed by atoms with E-state index in [0.717, 1.165) is 45.7 Å². The lowest BCUT2D eigenvalue weighted by atomic mass is 9.92. The van der Waals surface area contributed by atoms with Crippen LogP contribution in [0.3, 0.4) is 0 Å². The van der Waals surface area contributed by atoms with Crippen molar-refractivity contribution in [2.75, 3.05) is 32.8 Å². The van der Waals surface area contributed by atoms with E-state index in [1.807, 2.05) is 20.8 Å². The lowest BCUT2D eigenvalue weighted by Gasteiger charge is -2.37. The molecule has 0 aliphatic carbocycles. The highest BCUT2D eigenvalue weighted by molar-refractivity contribution is 5.79. The summed E-state index contributed by atoms with van der Waals surface area (Å²) >= 11 is 0. The number of hydrogen-bond donors (Lipinski definition) is 2. The van der Waals surface area contributed by atoms with E-state index in [1.54, 1.807) is 0 Å². The molecule has 4 unspecified atom stereocenters. The Labute approximate surface area is 129 Å². The Kier molecular flexibility index (Phi) is 8.22. The second-order valence-electron chi connectivity index (χ2n) is 6.38. The Bertz CT molecular complexity index is 310. The molecule has 3 N–H and O–H groups in total. The molecule has 5 heteroatoms. The predicted molar refractivity (Wildman–Crippen MR) is 86.1 cm³/mol. The maximum Gasteiger partial charge on any atom is 0.224 e. The topological polar surface area (TPSA) is 67.6 Å². The Morgan fingerprint density at radius 3 is 2.76 bits per heavy atom. The maximum absolute atomic E-state index is 12.1. The normalized spacial score (nSPS) is 26.3. The molecule has 0 aromatic carbocycles. The standard InChI is InChI=1S/C16H33N3O2/c1-5-21-10-6-8-19-9-7-15(12(2)11-19)18-16(20)13(3)14(4)17/h12-15H,5-11,17H2,1-4H3,(H,18,20). The highest BCUT2D eigenvalue weighted by Crippen LogP contribution is 2.17. The van der Waals surface area contributed by atoms with E-state index in [1.165, 1.54) is 0 Å². The molecule has 0 saturated carbocycles. The van der Waals surface area contributed by atoms with E-state index in [2.05, 4.69) is 17.1 Å². The minimum atomic E-state index is -0.124. The van der Waals surface area contributed by atoms with Crippen molar-refractivity contribution in [3.05, 3.63) is 0 Å². The van der Waals surface area contributed by atoms with Crippen LogP contribution >= 0.6 is 0 Å². The highest BCUT2D eigenvalue weighted by atomic mass is 16.5. The van der Waals surface area contributed by atoms with Crippen LogP contribution in [-0.4, -0.2) is 55.7 Å². The van der Waals surface area contributed by atoms with Gasteiger partial charge < -0.3 is 20.7 Å². The molecule has 5 nitrogen and oxygen atoms in total. The van der Waals surface area contributed by atoms with Gasteiger partial charge in [0.15, 0.2) is 0 Å². The average molecular weight is 299 g/mol. The molecule has 124 valence electrons. The van der Waals surface area contributed by atoms with Crippen LogP contribution in [0.25, 0.3) is 0 Å². The Hall–Kier alpha value is -0.650. The molecule has 1 rings (SSSR count). The van der Waals surface area contributed by atoms with Gasteiger partial charge in [-0.3, -0.25) is 4.79 Å². The van der Waals surface area contributed by atoms with Crippen LogP contribution in [0.1, 0.15) is 40.5 Å². The van der Waals surface area contributed by atoms with Crippen molar-refractivity contribution in [3.8, 4) is 0 Å². The van der Waals surface area contributed by atoms with Gasteiger partial charge in [-0.25, -0.2) is 0 Å². The first kappa shape index (κ1) is 18.4. The molecule has 1 fully saturated rings. The fraction of sp³-hybridized carbons (Fsp3) is 0.938. The van der Waals surface area contributed by atoms with Crippen molar-refractivity contribution in [2.24, 2.45) is 17.6 Å². The van der Waals surface area contributed by atoms with Crippen LogP contribution in [0.15, 0.2) is 0 Å². The van der Waals surface area contributed by atoms with Gasteiger partial charge in [0.2, 0.25) is 5.91 Å². The molecule has 1 aliphatic rings. The highest BCUT2D eigenvalue weighted by Gasteiger charge is 2.28. The van der Waals surface area contributed by atoms with E-state index in [9.17, 15) is 4.79 Å². The summed E-state index contributed by atoms with van der Waals surface area (Å²) in [4.78, 5) is 14.6. The van der Waals surface area contributed by atoms with Gasteiger partial charge in [0.1, 0.15) is 0 Å². The van der Waals surface area contributed by atoms with Crippen molar-refractivity contribution in [1.82, 2.24) is 10.2 Å². The monoisotopic (exact) mass is 299 g/mol. The fourth-order valence-corrected chi connectivity index (χ4v) is 2.74. The minimum absolute atomic E-state index is 0.0895. The molecule has 0 aromatic heterocycles. The number of hydrogen-bond acceptors (Lipinski definition) is 4. The van der Waals surface area contributed by atoms with Crippen LogP contribution < -0.4 is 11.1 Å². The molecule has 0 radical (unpaired) electrons. The summed E-state index contributed by atoms with van der Waals surface area (Å²) in [6, 6.07) is 0.181. The summed E-state index contributed by atoms with van der Waals surface area (Å²) in [6.07, 6.45) is 2.10. The number of nitrogens with zero attached hydrogens (tertiary/aromatic N) is 1. The number of amides is 1. The third kappa shape index (κ3) is 6.32. The predicted octanol–water partition coefficient (Wildman–Crippen LogP) is 1.22. The Morgan fingerprint density at radius 1 is 1.48 bits per heavy atom. The number of carbonyl (C=O) groups excluding carboxylic acids is 1. The number of nitrogens with one attached hydrogen (secondary N) is 1. The van der Waals surface area contributed by atoms with Gasteiger partial charge in [-0.2, -0.15) is 0 Å². The van der Waals surface area contributed by atoms with Gasteiger partial charge in [-0.05, 0) is 32.6 Å². The summed E-state index contributed by atoms with van der Waals surface area (Å²) in [6.45, 7) is 12.8. The van der Waals surface area contributed by atoms with E-state index >= 15 is 0 Å². The number of piperidine rings is 1. The smallest absolute Gasteiger partial charge is 0.224 e. The molecule has 0 aromatic rings. The zero-order valence-corrected chi connectivity index (χ0v) is 14.1. The number of ether oxygens (including phenoxy) is 1. The van der Waals surface area contributed by atoms with Gasteiger partial charge >= 0.3 is 0 Å². The molecule has 4 atom stereocenters. The van der Waals surface area contributed by atoms with Crippen LogP contribution in [-0.2, 0) is 9.53 Å². The van der Waals surface area contributed by atoms with Crippen LogP contribution in [0.4, 0.5) is 0 Å². The molecule has 0 spiro atoms. The average Bonchev–Trinajstić information content (AvgIpc) is 2.45. The molecular formula is C16H33N3O2. The first-order valence-corrected chi connectivity index (χ1v) is 8.31. The molecule has 1 heterocycles. The number of rotatable bonds is 8. The minimum Gasteiger partial charge on any atom is -0.382 e. The quantitative estimate of drug-likeness (QED) is 0.661. The summed E-state index contributed by atoms with van der Waals surface area (Å²) in [7, 11) is 0. The van der Waals surface area contributed by atoms with E-state index in [-0.39, 0.29) is 23.9 Å².